The van der Waals surface area contributed by atoms with Crippen molar-refractivity contribution in [3.8, 4) is 0 Å². The Morgan fingerprint density at radius 2 is 0.500 bits per heavy atom. The number of ether oxygens (including phenoxy) is 4. The lowest BCUT2D eigenvalue weighted by atomic mass is 10.1. The van der Waals surface area contributed by atoms with Gasteiger partial charge in [0.1, 0.15) is 19.3 Å². The molecule has 17 nitrogen and oxygen atoms in total. The van der Waals surface area contributed by atoms with Gasteiger partial charge in [-0.1, -0.05) is 285 Å². The molecule has 0 saturated heterocycles. The molecular formula is C85H150O17P2. The monoisotopic (exact) mass is 1510 g/mol. The second-order valence-electron chi connectivity index (χ2n) is 27.7. The number of carbonyl (C=O) groups is 4. The molecule has 19 heteroatoms. The van der Waals surface area contributed by atoms with Crippen molar-refractivity contribution in [1.82, 2.24) is 0 Å². The molecule has 0 rings (SSSR count). The first-order valence-corrected chi connectivity index (χ1v) is 44.5. The van der Waals surface area contributed by atoms with E-state index in [9.17, 15) is 43.2 Å². The topological polar surface area (TPSA) is 237 Å². The van der Waals surface area contributed by atoms with E-state index in [1.165, 1.54) is 116 Å². The fourth-order valence-electron chi connectivity index (χ4n) is 11.2. The van der Waals surface area contributed by atoms with Crippen LogP contribution in [0.1, 0.15) is 362 Å². The number of unbranched alkanes of at least 4 members (excludes halogenated alkanes) is 36. The van der Waals surface area contributed by atoms with Gasteiger partial charge in [0.25, 0.3) is 0 Å². The van der Waals surface area contributed by atoms with E-state index in [2.05, 4.69) is 125 Å². The van der Waals surface area contributed by atoms with Crippen molar-refractivity contribution in [3.63, 3.8) is 0 Å². The highest BCUT2D eigenvalue weighted by atomic mass is 31.2. The number of aliphatic hydroxyl groups excluding tert-OH is 1. The summed E-state index contributed by atoms with van der Waals surface area (Å²) in [6.07, 6.45) is 82.3. The number of hydrogen-bond acceptors (Lipinski definition) is 15. The molecule has 602 valence electrons. The maximum atomic E-state index is 13.1. The van der Waals surface area contributed by atoms with Gasteiger partial charge in [0.15, 0.2) is 12.2 Å². The van der Waals surface area contributed by atoms with Crippen molar-refractivity contribution in [2.75, 3.05) is 39.6 Å². The fourth-order valence-corrected chi connectivity index (χ4v) is 12.8. The zero-order valence-electron chi connectivity index (χ0n) is 65.9. The number of aliphatic hydroxyl groups is 1. The van der Waals surface area contributed by atoms with E-state index < -0.39 is 97.5 Å². The van der Waals surface area contributed by atoms with Crippen molar-refractivity contribution >= 4 is 39.5 Å². The van der Waals surface area contributed by atoms with Gasteiger partial charge in [-0.2, -0.15) is 0 Å². The lowest BCUT2D eigenvalue weighted by molar-refractivity contribution is -0.161. The Morgan fingerprint density at radius 3 is 0.798 bits per heavy atom. The summed E-state index contributed by atoms with van der Waals surface area (Å²) in [5.41, 5.74) is 0. The molecule has 0 aliphatic rings. The summed E-state index contributed by atoms with van der Waals surface area (Å²) in [5, 5.41) is 10.7. The zero-order chi connectivity index (χ0) is 76.0. The van der Waals surface area contributed by atoms with Gasteiger partial charge in [0.05, 0.1) is 26.4 Å². The maximum absolute atomic E-state index is 13.1. The van der Waals surface area contributed by atoms with E-state index in [0.29, 0.717) is 25.7 Å². The van der Waals surface area contributed by atoms with Crippen LogP contribution in [-0.4, -0.2) is 96.7 Å². The highest BCUT2D eigenvalue weighted by molar-refractivity contribution is 7.47. The van der Waals surface area contributed by atoms with Crippen molar-refractivity contribution in [2.45, 2.75) is 380 Å². The number of phosphoric acid groups is 2. The van der Waals surface area contributed by atoms with Gasteiger partial charge in [0, 0.05) is 25.7 Å². The SMILES string of the molecule is CC/C=C\C/C=C\C/C=C\C/C=C\C/C=C\CCCCCC(=O)O[C@H](COC(=O)CCCCCCC/C=C\CCCCCCCC)COP(=O)(O)OC[C@@H](O)COP(=O)(O)OC[C@@H](COC(=O)CCCCCCCCC/C=C\CCCCCC)OC(=O)CCCCCCC/C=C\CCCCCCCC. The van der Waals surface area contributed by atoms with E-state index in [1.54, 1.807) is 0 Å². The number of carbonyl (C=O) groups excluding carboxylic acids is 4. The van der Waals surface area contributed by atoms with Gasteiger partial charge in [-0.3, -0.25) is 37.3 Å². The Labute approximate surface area is 633 Å². The van der Waals surface area contributed by atoms with Crippen LogP contribution in [0.25, 0.3) is 0 Å². The average Bonchev–Trinajstić information content (AvgIpc) is 0.943. The second-order valence-corrected chi connectivity index (χ2v) is 30.6. The Bertz CT molecular complexity index is 2350. The number of allylic oxidation sites excluding steroid dienone is 16. The molecule has 104 heavy (non-hydrogen) atoms. The van der Waals surface area contributed by atoms with E-state index in [4.69, 9.17) is 37.0 Å². The molecule has 0 amide bonds. The largest absolute Gasteiger partial charge is 0.472 e. The quantitative estimate of drug-likeness (QED) is 0.0169. The summed E-state index contributed by atoms with van der Waals surface area (Å²) < 4.78 is 68.7. The van der Waals surface area contributed by atoms with E-state index in [-0.39, 0.29) is 25.7 Å². The molecule has 0 bridgehead atoms. The molecule has 3 N–H and O–H groups in total. The van der Waals surface area contributed by atoms with Crippen LogP contribution in [-0.2, 0) is 65.4 Å². The van der Waals surface area contributed by atoms with Gasteiger partial charge in [-0.05, 0) is 148 Å². The van der Waals surface area contributed by atoms with Gasteiger partial charge >= 0.3 is 39.5 Å². The Balaban J connectivity index is 5.40. The minimum absolute atomic E-state index is 0.0544. The minimum atomic E-state index is -4.99. The normalized spacial score (nSPS) is 14.3. The number of phosphoric ester groups is 2. The predicted octanol–water partition coefficient (Wildman–Crippen LogP) is 24.3. The zero-order valence-corrected chi connectivity index (χ0v) is 67.7. The van der Waals surface area contributed by atoms with Gasteiger partial charge in [0.2, 0.25) is 0 Å². The molecule has 0 heterocycles. The third kappa shape index (κ3) is 76.2. The average molecular weight is 1510 g/mol. The standard InChI is InChI=1S/C85H150O17P2/c1-5-9-13-17-21-25-29-33-37-38-39-40-44-48-52-56-60-64-68-72-85(90)102-81(76-96-83(88)70-66-62-58-54-50-46-42-35-31-27-23-19-15-11-7-3)78-100-104(93,94)98-74-79(86)73-97-103(91,92)99-77-80(101-84(89)71-67-63-59-55-51-47-43-36-32-28-24-20-16-12-8-4)75-95-82(87)69-65-61-57-53-49-45-41-34-30-26-22-18-14-10-6-2/h9,13,21,25-26,30,33,35-37,39-40,42-43,48,52,79-81,86H,5-8,10-12,14-20,22-24,27-29,31-32,34,38,41,44-47,49-51,53-78H2,1-4H3,(H,91,92)(H,93,94)/b13-9-,25-21-,30-26-,37-33-,40-39-,42-35-,43-36-,52-48-/t79-,80+,81+/m0/s1. The van der Waals surface area contributed by atoms with Crippen LogP contribution in [0.4, 0.5) is 0 Å². The Hall–Kier alpha value is -4.02. The lowest BCUT2D eigenvalue weighted by Gasteiger charge is -2.21. The number of hydrogen-bond donors (Lipinski definition) is 3. The number of esters is 4. The van der Waals surface area contributed by atoms with Gasteiger partial charge in [-0.25, -0.2) is 9.13 Å². The molecular weight excluding hydrogens is 1350 g/mol. The van der Waals surface area contributed by atoms with Crippen LogP contribution in [0, 0.1) is 0 Å². The molecule has 0 aromatic rings. The summed E-state index contributed by atoms with van der Waals surface area (Å²) in [5.74, 6) is -2.21. The van der Waals surface area contributed by atoms with Crippen LogP contribution in [0.3, 0.4) is 0 Å². The second kappa shape index (κ2) is 77.1. The lowest BCUT2D eigenvalue weighted by Crippen LogP contribution is -2.30. The molecule has 0 saturated carbocycles. The maximum Gasteiger partial charge on any atom is 0.472 e. The highest BCUT2D eigenvalue weighted by Gasteiger charge is 2.30. The summed E-state index contributed by atoms with van der Waals surface area (Å²) in [6, 6.07) is 0. The van der Waals surface area contributed by atoms with Gasteiger partial charge < -0.3 is 33.8 Å². The third-order valence-electron chi connectivity index (χ3n) is 17.5. The summed E-state index contributed by atoms with van der Waals surface area (Å²) in [7, 11) is -9.97. The Morgan fingerprint density at radius 1 is 0.279 bits per heavy atom. The van der Waals surface area contributed by atoms with Crippen molar-refractivity contribution in [2.24, 2.45) is 0 Å². The predicted molar refractivity (Wildman–Crippen MR) is 427 cm³/mol. The molecule has 0 aromatic carbocycles. The van der Waals surface area contributed by atoms with Crippen LogP contribution in [0.5, 0.6) is 0 Å². The first-order chi connectivity index (χ1) is 50.7. The molecule has 0 spiro atoms. The highest BCUT2D eigenvalue weighted by Crippen LogP contribution is 2.45. The van der Waals surface area contributed by atoms with Crippen molar-refractivity contribution < 1.29 is 80.2 Å². The minimum Gasteiger partial charge on any atom is -0.462 e. The summed E-state index contributed by atoms with van der Waals surface area (Å²) >= 11 is 0. The summed E-state index contributed by atoms with van der Waals surface area (Å²) in [6.45, 7) is 4.73. The first kappa shape index (κ1) is 100.0. The molecule has 0 aliphatic carbocycles. The fraction of sp³-hybridized carbons (Fsp3) is 0.765. The first-order valence-electron chi connectivity index (χ1n) is 41.5. The smallest absolute Gasteiger partial charge is 0.462 e. The van der Waals surface area contributed by atoms with Crippen LogP contribution < -0.4 is 0 Å². The third-order valence-corrected chi connectivity index (χ3v) is 19.4. The van der Waals surface area contributed by atoms with E-state index >= 15 is 0 Å². The molecule has 0 radical (unpaired) electrons. The van der Waals surface area contributed by atoms with Crippen LogP contribution in [0.2, 0.25) is 0 Å². The molecule has 5 atom stereocenters. The molecule has 0 fully saturated rings. The Kier molecular flexibility index (Phi) is 74.2. The van der Waals surface area contributed by atoms with Crippen LogP contribution >= 0.6 is 15.6 Å². The molecule has 0 aliphatic heterocycles. The van der Waals surface area contributed by atoms with Crippen molar-refractivity contribution in [3.05, 3.63) is 97.2 Å². The number of rotatable bonds is 78. The molecule has 0 aromatic heterocycles. The van der Waals surface area contributed by atoms with Crippen molar-refractivity contribution in [1.29, 1.82) is 0 Å². The van der Waals surface area contributed by atoms with E-state index in [0.717, 1.165) is 167 Å². The van der Waals surface area contributed by atoms with Crippen LogP contribution in [0.15, 0.2) is 97.2 Å². The summed E-state index contributed by atoms with van der Waals surface area (Å²) in [4.78, 5) is 73.1. The van der Waals surface area contributed by atoms with E-state index in [1.807, 2.05) is 0 Å². The molecule has 2 unspecified atom stereocenters. The van der Waals surface area contributed by atoms with Gasteiger partial charge in [-0.15, -0.1) is 0 Å².